The van der Waals surface area contributed by atoms with Crippen LogP contribution in [0.1, 0.15) is 24.5 Å². The van der Waals surface area contributed by atoms with E-state index >= 15 is 0 Å². The minimum absolute atomic E-state index is 1.02. The zero-order valence-electron chi connectivity index (χ0n) is 13.1. The van der Waals surface area contributed by atoms with Gasteiger partial charge in [-0.1, -0.05) is 19.1 Å². The second kappa shape index (κ2) is 5.76. The van der Waals surface area contributed by atoms with Crippen molar-refractivity contribution in [1.82, 2.24) is 4.98 Å². The molecule has 0 amide bonds. The second-order valence-corrected chi connectivity index (χ2v) is 5.87. The Morgan fingerprint density at radius 1 is 1.19 bits per heavy atom. The summed E-state index contributed by atoms with van der Waals surface area (Å²) in [6.07, 6.45) is 3.42. The number of pyridine rings is 1. The Bertz CT molecular complexity index is 647. The van der Waals surface area contributed by atoms with E-state index in [1.807, 2.05) is 14.1 Å². The van der Waals surface area contributed by atoms with E-state index < -0.39 is 0 Å². The van der Waals surface area contributed by atoms with Gasteiger partial charge in [0.15, 0.2) is 0 Å². The van der Waals surface area contributed by atoms with Gasteiger partial charge in [0.2, 0.25) is 0 Å². The fourth-order valence-corrected chi connectivity index (χ4v) is 2.77. The van der Waals surface area contributed by atoms with Crippen LogP contribution >= 0.6 is 0 Å². The third-order valence-corrected chi connectivity index (χ3v) is 4.08. The molecule has 2 heterocycles. The lowest BCUT2D eigenvalue weighted by Gasteiger charge is -2.19. The summed E-state index contributed by atoms with van der Waals surface area (Å²) < 4.78 is 0. The zero-order chi connectivity index (χ0) is 14.8. The molecule has 2 aromatic rings. The zero-order valence-corrected chi connectivity index (χ0v) is 13.1. The van der Waals surface area contributed by atoms with Crippen LogP contribution in [-0.2, 0) is 12.8 Å². The summed E-state index contributed by atoms with van der Waals surface area (Å²) in [5, 5.41) is 3.50. The Balaban J connectivity index is 2.05. The fourth-order valence-electron chi connectivity index (χ4n) is 2.77. The molecule has 1 aromatic carbocycles. The summed E-state index contributed by atoms with van der Waals surface area (Å²) >= 11 is 0. The van der Waals surface area contributed by atoms with Gasteiger partial charge in [-0.2, -0.15) is 0 Å². The first-order valence-electron chi connectivity index (χ1n) is 7.73. The summed E-state index contributed by atoms with van der Waals surface area (Å²) in [4.78, 5) is 6.87. The van der Waals surface area contributed by atoms with E-state index in [0.717, 1.165) is 24.5 Å². The number of nitrogens with zero attached hydrogens (tertiary/aromatic N) is 2. The van der Waals surface area contributed by atoms with E-state index in [4.69, 9.17) is 4.98 Å². The number of nitrogens with one attached hydrogen (secondary N) is 1. The van der Waals surface area contributed by atoms with Crippen LogP contribution in [0.3, 0.4) is 0 Å². The fraction of sp³-hybridized carbons (Fsp3) is 0.389. The van der Waals surface area contributed by atoms with Gasteiger partial charge in [-0.3, -0.25) is 0 Å². The molecule has 1 aliphatic rings. The molecule has 21 heavy (non-hydrogen) atoms. The number of rotatable bonds is 3. The van der Waals surface area contributed by atoms with Crippen molar-refractivity contribution in [3.8, 4) is 11.3 Å². The van der Waals surface area contributed by atoms with Gasteiger partial charge in [0, 0.05) is 31.9 Å². The predicted octanol–water partition coefficient (Wildman–Crippen LogP) is 3.74. The molecule has 0 bridgehead atoms. The lowest BCUT2D eigenvalue weighted by atomic mass is 9.99. The Morgan fingerprint density at radius 2 is 2.05 bits per heavy atom. The number of anilines is 2. The standard InChI is InChI=1S/C18H23N3/c1-4-13-10-17(20-18(11-13)21(2)3)15-8-7-14-6-5-9-19-16(14)12-15/h7-8,10-12,19H,4-6,9H2,1-3H3. The highest BCUT2D eigenvalue weighted by Crippen LogP contribution is 2.29. The number of aryl methyl sites for hydroxylation is 2. The Kier molecular flexibility index (Phi) is 3.82. The molecule has 0 saturated carbocycles. The maximum Gasteiger partial charge on any atom is 0.128 e. The van der Waals surface area contributed by atoms with Crippen LogP contribution in [0.4, 0.5) is 11.5 Å². The van der Waals surface area contributed by atoms with Crippen LogP contribution in [0.5, 0.6) is 0 Å². The predicted molar refractivity (Wildman–Crippen MR) is 90.2 cm³/mol. The third kappa shape index (κ3) is 2.87. The van der Waals surface area contributed by atoms with Gasteiger partial charge < -0.3 is 10.2 Å². The molecule has 3 nitrogen and oxygen atoms in total. The highest BCUT2D eigenvalue weighted by molar-refractivity contribution is 5.70. The molecule has 0 aliphatic carbocycles. The van der Waals surface area contributed by atoms with E-state index in [2.05, 4.69) is 47.5 Å². The van der Waals surface area contributed by atoms with E-state index in [0.29, 0.717) is 0 Å². The number of hydrogen-bond acceptors (Lipinski definition) is 3. The molecule has 1 aromatic heterocycles. The average Bonchev–Trinajstić information content (AvgIpc) is 2.53. The monoisotopic (exact) mass is 281 g/mol. The molecule has 3 rings (SSSR count). The number of hydrogen-bond donors (Lipinski definition) is 1. The van der Waals surface area contributed by atoms with Gasteiger partial charge in [-0.25, -0.2) is 4.98 Å². The second-order valence-electron chi connectivity index (χ2n) is 5.87. The number of benzene rings is 1. The first-order valence-corrected chi connectivity index (χ1v) is 7.73. The minimum Gasteiger partial charge on any atom is -0.385 e. The van der Waals surface area contributed by atoms with Crippen LogP contribution in [0.25, 0.3) is 11.3 Å². The molecule has 3 heteroatoms. The van der Waals surface area contributed by atoms with Crippen molar-refractivity contribution in [2.24, 2.45) is 0 Å². The van der Waals surface area contributed by atoms with Gasteiger partial charge >= 0.3 is 0 Å². The Hall–Kier alpha value is -2.03. The van der Waals surface area contributed by atoms with E-state index in [9.17, 15) is 0 Å². The Labute approximate surface area is 127 Å². The molecule has 0 unspecified atom stereocenters. The molecular weight excluding hydrogens is 258 g/mol. The van der Waals surface area contributed by atoms with Crippen molar-refractivity contribution in [3.05, 3.63) is 41.5 Å². The molecule has 0 radical (unpaired) electrons. The van der Waals surface area contributed by atoms with Crippen LogP contribution in [-0.4, -0.2) is 25.6 Å². The van der Waals surface area contributed by atoms with Gasteiger partial charge in [0.05, 0.1) is 5.69 Å². The Morgan fingerprint density at radius 3 is 2.81 bits per heavy atom. The highest BCUT2D eigenvalue weighted by atomic mass is 15.1. The van der Waals surface area contributed by atoms with Crippen LogP contribution < -0.4 is 10.2 Å². The smallest absolute Gasteiger partial charge is 0.128 e. The summed E-state index contributed by atoms with van der Waals surface area (Å²) in [5.74, 6) is 1.02. The summed E-state index contributed by atoms with van der Waals surface area (Å²) in [7, 11) is 4.08. The molecule has 0 spiro atoms. The van der Waals surface area contributed by atoms with E-state index in [1.165, 1.54) is 35.2 Å². The molecule has 1 N–H and O–H groups in total. The quantitative estimate of drug-likeness (QED) is 0.929. The number of aromatic nitrogens is 1. The summed E-state index contributed by atoms with van der Waals surface area (Å²) in [6, 6.07) is 11.1. The van der Waals surface area contributed by atoms with Gasteiger partial charge in [-0.05, 0) is 48.6 Å². The van der Waals surface area contributed by atoms with E-state index in [1.54, 1.807) is 0 Å². The first-order chi connectivity index (χ1) is 10.2. The first kappa shape index (κ1) is 13.9. The lowest BCUT2D eigenvalue weighted by molar-refractivity contribution is 0.830. The molecule has 1 aliphatic heterocycles. The molecule has 0 saturated heterocycles. The largest absolute Gasteiger partial charge is 0.385 e. The van der Waals surface area contributed by atoms with Crippen LogP contribution in [0, 0.1) is 0 Å². The normalized spacial score (nSPS) is 13.5. The third-order valence-electron chi connectivity index (χ3n) is 4.08. The van der Waals surface area contributed by atoms with Crippen molar-refractivity contribution in [1.29, 1.82) is 0 Å². The van der Waals surface area contributed by atoms with Gasteiger partial charge in [0.25, 0.3) is 0 Å². The maximum absolute atomic E-state index is 4.80. The van der Waals surface area contributed by atoms with Crippen molar-refractivity contribution in [3.63, 3.8) is 0 Å². The minimum atomic E-state index is 1.02. The summed E-state index contributed by atoms with van der Waals surface area (Å²) in [6.45, 7) is 3.26. The van der Waals surface area contributed by atoms with Gasteiger partial charge in [0.1, 0.15) is 5.82 Å². The van der Waals surface area contributed by atoms with Crippen LogP contribution in [0.15, 0.2) is 30.3 Å². The van der Waals surface area contributed by atoms with Gasteiger partial charge in [-0.15, -0.1) is 0 Å². The van der Waals surface area contributed by atoms with E-state index in [-0.39, 0.29) is 0 Å². The molecule has 0 atom stereocenters. The van der Waals surface area contributed by atoms with Crippen molar-refractivity contribution < 1.29 is 0 Å². The lowest BCUT2D eigenvalue weighted by Crippen LogP contribution is -2.12. The van der Waals surface area contributed by atoms with Crippen molar-refractivity contribution in [2.75, 3.05) is 30.9 Å². The summed E-state index contributed by atoms with van der Waals surface area (Å²) in [5.41, 5.74) is 6.28. The number of fused-ring (bicyclic) bond motifs is 1. The van der Waals surface area contributed by atoms with Crippen LogP contribution in [0.2, 0.25) is 0 Å². The average molecular weight is 281 g/mol. The molecular formula is C18H23N3. The van der Waals surface area contributed by atoms with Crippen molar-refractivity contribution >= 4 is 11.5 Å². The SMILES string of the molecule is CCc1cc(-c2ccc3c(c2)NCCC3)nc(N(C)C)c1. The maximum atomic E-state index is 4.80. The van der Waals surface area contributed by atoms with Crippen molar-refractivity contribution in [2.45, 2.75) is 26.2 Å². The molecule has 110 valence electrons. The highest BCUT2D eigenvalue weighted by Gasteiger charge is 2.11. The molecule has 0 fully saturated rings. The topological polar surface area (TPSA) is 28.2 Å².